The van der Waals surface area contributed by atoms with E-state index in [0.717, 1.165) is 4.47 Å². The van der Waals surface area contributed by atoms with Crippen molar-refractivity contribution in [3.8, 4) is 5.75 Å². The maximum Gasteiger partial charge on any atom is 0.373 e. The van der Waals surface area contributed by atoms with Crippen molar-refractivity contribution in [1.29, 1.82) is 0 Å². The number of rotatable bonds is 3. The number of esters is 1. The Balaban J connectivity index is 2.75. The van der Waals surface area contributed by atoms with E-state index in [-0.39, 0.29) is 5.76 Å². The van der Waals surface area contributed by atoms with E-state index in [9.17, 15) is 4.79 Å². The average molecular weight is 257 g/mol. The Hall–Kier alpha value is -1.29. The zero-order valence-corrected chi connectivity index (χ0v) is 9.21. The molecule has 0 heterocycles. The van der Waals surface area contributed by atoms with E-state index in [2.05, 4.69) is 27.2 Å². The van der Waals surface area contributed by atoms with E-state index in [4.69, 9.17) is 4.74 Å². The zero-order valence-electron chi connectivity index (χ0n) is 7.62. The standard InChI is InChI=1S/C10H9BrO3/c1-7(10(12)13-2)14-9-6-4-3-5-8(9)11/h3-6H,1H2,2H3. The van der Waals surface area contributed by atoms with Crippen molar-refractivity contribution < 1.29 is 14.3 Å². The van der Waals surface area contributed by atoms with Crippen LogP contribution >= 0.6 is 15.9 Å². The van der Waals surface area contributed by atoms with E-state index in [1.165, 1.54) is 7.11 Å². The molecule has 0 amide bonds. The van der Waals surface area contributed by atoms with Gasteiger partial charge in [0.1, 0.15) is 5.75 Å². The molecule has 1 aromatic rings. The van der Waals surface area contributed by atoms with Crippen molar-refractivity contribution in [1.82, 2.24) is 0 Å². The Bertz CT molecular complexity index is 360. The number of carbonyl (C=O) groups excluding carboxylic acids is 1. The predicted molar refractivity (Wildman–Crippen MR) is 55.9 cm³/mol. The largest absolute Gasteiger partial charge is 0.463 e. The van der Waals surface area contributed by atoms with Gasteiger partial charge in [-0.1, -0.05) is 12.1 Å². The summed E-state index contributed by atoms with van der Waals surface area (Å²) in [6.07, 6.45) is 0. The van der Waals surface area contributed by atoms with Crippen LogP contribution in [0.1, 0.15) is 0 Å². The fraction of sp³-hybridized carbons (Fsp3) is 0.100. The summed E-state index contributed by atoms with van der Waals surface area (Å²) in [5, 5.41) is 0. The second-order valence-electron chi connectivity index (χ2n) is 2.45. The summed E-state index contributed by atoms with van der Waals surface area (Å²) in [4.78, 5) is 11.0. The van der Waals surface area contributed by atoms with Gasteiger partial charge >= 0.3 is 5.97 Å². The van der Waals surface area contributed by atoms with Crippen molar-refractivity contribution in [2.45, 2.75) is 0 Å². The van der Waals surface area contributed by atoms with Gasteiger partial charge in [0, 0.05) is 0 Å². The van der Waals surface area contributed by atoms with Gasteiger partial charge in [0.2, 0.25) is 5.76 Å². The molecular formula is C10H9BrO3. The van der Waals surface area contributed by atoms with Crippen LogP contribution in [0.4, 0.5) is 0 Å². The minimum Gasteiger partial charge on any atom is -0.463 e. The Kier molecular flexibility index (Phi) is 3.71. The summed E-state index contributed by atoms with van der Waals surface area (Å²) in [6, 6.07) is 7.17. The average Bonchev–Trinajstić information content (AvgIpc) is 2.20. The fourth-order valence-electron chi connectivity index (χ4n) is 0.816. The molecule has 0 aromatic heterocycles. The number of hydrogen-bond donors (Lipinski definition) is 0. The highest BCUT2D eigenvalue weighted by Gasteiger charge is 2.10. The van der Waals surface area contributed by atoms with E-state index in [1.54, 1.807) is 18.2 Å². The predicted octanol–water partition coefficient (Wildman–Crippen LogP) is 2.51. The van der Waals surface area contributed by atoms with Crippen molar-refractivity contribution in [3.05, 3.63) is 41.1 Å². The van der Waals surface area contributed by atoms with E-state index < -0.39 is 5.97 Å². The number of methoxy groups -OCH3 is 1. The SMILES string of the molecule is C=C(Oc1ccccc1Br)C(=O)OC. The van der Waals surface area contributed by atoms with Crippen LogP contribution in [-0.4, -0.2) is 13.1 Å². The topological polar surface area (TPSA) is 35.5 Å². The first-order valence-electron chi connectivity index (χ1n) is 3.84. The molecule has 0 aliphatic rings. The lowest BCUT2D eigenvalue weighted by molar-refractivity contribution is -0.138. The first-order chi connectivity index (χ1) is 6.65. The van der Waals surface area contributed by atoms with Crippen molar-refractivity contribution in [2.75, 3.05) is 7.11 Å². The van der Waals surface area contributed by atoms with Crippen LogP contribution in [0.2, 0.25) is 0 Å². The molecule has 0 aliphatic heterocycles. The molecule has 0 N–H and O–H groups in total. The van der Waals surface area contributed by atoms with E-state index in [1.807, 2.05) is 6.07 Å². The summed E-state index contributed by atoms with van der Waals surface area (Å²) in [7, 11) is 1.27. The number of benzene rings is 1. The molecule has 0 atom stereocenters. The Morgan fingerprint density at radius 1 is 1.43 bits per heavy atom. The lowest BCUT2D eigenvalue weighted by Crippen LogP contribution is -2.09. The normalized spacial score (nSPS) is 9.29. The highest BCUT2D eigenvalue weighted by molar-refractivity contribution is 9.10. The molecule has 0 aliphatic carbocycles. The van der Waals surface area contributed by atoms with Crippen LogP contribution in [0.15, 0.2) is 41.1 Å². The summed E-state index contributed by atoms with van der Waals surface area (Å²) in [5.74, 6) is -0.0944. The van der Waals surface area contributed by atoms with Crippen LogP contribution in [0, 0.1) is 0 Å². The van der Waals surface area contributed by atoms with Gasteiger partial charge in [-0.3, -0.25) is 0 Å². The van der Waals surface area contributed by atoms with Gasteiger partial charge in [-0.05, 0) is 34.6 Å². The second kappa shape index (κ2) is 4.81. The highest BCUT2D eigenvalue weighted by atomic mass is 79.9. The minimum absolute atomic E-state index is 0.0422. The van der Waals surface area contributed by atoms with Crippen LogP contribution in [0.25, 0.3) is 0 Å². The molecule has 0 radical (unpaired) electrons. The molecule has 74 valence electrons. The molecule has 0 saturated heterocycles. The van der Waals surface area contributed by atoms with Gasteiger partial charge in [0.25, 0.3) is 0 Å². The Morgan fingerprint density at radius 2 is 2.07 bits per heavy atom. The molecule has 1 aromatic carbocycles. The van der Waals surface area contributed by atoms with Crippen molar-refractivity contribution in [3.63, 3.8) is 0 Å². The third-order valence-electron chi connectivity index (χ3n) is 1.48. The van der Waals surface area contributed by atoms with Gasteiger partial charge in [-0.25, -0.2) is 4.79 Å². The number of halogens is 1. The van der Waals surface area contributed by atoms with Crippen LogP contribution < -0.4 is 4.74 Å². The number of hydrogen-bond acceptors (Lipinski definition) is 3. The van der Waals surface area contributed by atoms with Gasteiger partial charge < -0.3 is 9.47 Å². The van der Waals surface area contributed by atoms with Gasteiger partial charge in [0.15, 0.2) is 0 Å². The number of ether oxygens (including phenoxy) is 2. The van der Waals surface area contributed by atoms with E-state index >= 15 is 0 Å². The molecule has 0 bridgehead atoms. The lowest BCUT2D eigenvalue weighted by Gasteiger charge is -2.07. The third-order valence-corrected chi connectivity index (χ3v) is 2.14. The van der Waals surface area contributed by atoms with Crippen molar-refractivity contribution in [2.24, 2.45) is 0 Å². The summed E-state index contributed by atoms with van der Waals surface area (Å²) < 4.78 is 10.4. The minimum atomic E-state index is -0.583. The molecular weight excluding hydrogens is 248 g/mol. The quantitative estimate of drug-likeness (QED) is 0.474. The number of para-hydroxylation sites is 1. The zero-order chi connectivity index (χ0) is 10.6. The molecule has 14 heavy (non-hydrogen) atoms. The summed E-state index contributed by atoms with van der Waals surface area (Å²) in [6.45, 7) is 3.44. The molecule has 0 spiro atoms. The molecule has 0 fully saturated rings. The van der Waals surface area contributed by atoms with Gasteiger partial charge in [0.05, 0.1) is 11.6 Å². The van der Waals surface area contributed by atoms with E-state index in [0.29, 0.717) is 5.75 Å². The summed E-state index contributed by atoms with van der Waals surface area (Å²) >= 11 is 3.28. The monoisotopic (exact) mass is 256 g/mol. The maximum absolute atomic E-state index is 11.0. The van der Waals surface area contributed by atoms with Crippen LogP contribution in [0.3, 0.4) is 0 Å². The summed E-state index contributed by atoms with van der Waals surface area (Å²) in [5.41, 5.74) is 0. The Morgan fingerprint density at radius 3 is 2.64 bits per heavy atom. The first-order valence-corrected chi connectivity index (χ1v) is 4.64. The second-order valence-corrected chi connectivity index (χ2v) is 3.30. The molecule has 0 unspecified atom stereocenters. The smallest absolute Gasteiger partial charge is 0.373 e. The molecule has 3 nitrogen and oxygen atoms in total. The van der Waals surface area contributed by atoms with Crippen molar-refractivity contribution >= 4 is 21.9 Å². The lowest BCUT2D eigenvalue weighted by atomic mass is 10.3. The highest BCUT2D eigenvalue weighted by Crippen LogP contribution is 2.25. The van der Waals surface area contributed by atoms with Gasteiger partial charge in [-0.2, -0.15) is 0 Å². The molecule has 4 heteroatoms. The first kappa shape index (κ1) is 10.8. The van der Waals surface area contributed by atoms with Gasteiger partial charge in [-0.15, -0.1) is 0 Å². The number of carbonyl (C=O) groups is 1. The fourth-order valence-corrected chi connectivity index (χ4v) is 1.18. The molecule has 1 rings (SSSR count). The third kappa shape index (κ3) is 2.60. The van der Waals surface area contributed by atoms with Crippen LogP contribution in [0.5, 0.6) is 5.75 Å². The Labute approximate surface area is 90.5 Å². The molecule has 0 saturated carbocycles. The maximum atomic E-state index is 11.0. The van der Waals surface area contributed by atoms with Crippen LogP contribution in [-0.2, 0) is 9.53 Å².